The summed E-state index contributed by atoms with van der Waals surface area (Å²) in [5.41, 5.74) is 0.870. The molecule has 0 aliphatic carbocycles. The van der Waals surface area contributed by atoms with Crippen LogP contribution in [-0.2, 0) is 4.79 Å². The third-order valence-corrected chi connectivity index (χ3v) is 3.02. The Kier molecular flexibility index (Phi) is 6.87. The van der Waals surface area contributed by atoms with Crippen molar-refractivity contribution in [3.8, 4) is 0 Å². The Bertz CT molecular complexity index is 398. The number of carboxylic acid groups (broad SMARTS) is 1. The SMILES string of the molecule is CC(c1ccc(Cl)cc1Cl)N(C)CC(=O)O.Cl. The molecule has 0 aliphatic heterocycles. The van der Waals surface area contributed by atoms with Gasteiger partial charge in [-0.2, -0.15) is 0 Å². The summed E-state index contributed by atoms with van der Waals surface area (Å²) in [6.07, 6.45) is 0. The predicted molar refractivity (Wildman–Crippen MR) is 72.4 cm³/mol. The van der Waals surface area contributed by atoms with Crippen LogP contribution in [0.1, 0.15) is 18.5 Å². The summed E-state index contributed by atoms with van der Waals surface area (Å²) in [4.78, 5) is 12.3. The summed E-state index contributed by atoms with van der Waals surface area (Å²) in [5.74, 6) is -0.862. The van der Waals surface area contributed by atoms with E-state index in [0.29, 0.717) is 10.0 Å². The summed E-state index contributed by atoms with van der Waals surface area (Å²) in [6.45, 7) is 1.87. The van der Waals surface area contributed by atoms with Gasteiger partial charge in [-0.15, -0.1) is 12.4 Å². The van der Waals surface area contributed by atoms with Crippen LogP contribution in [0.25, 0.3) is 0 Å². The fourth-order valence-electron chi connectivity index (χ4n) is 1.43. The van der Waals surface area contributed by atoms with E-state index in [-0.39, 0.29) is 25.0 Å². The lowest BCUT2D eigenvalue weighted by atomic mass is 10.1. The van der Waals surface area contributed by atoms with Crippen molar-refractivity contribution in [1.82, 2.24) is 4.90 Å². The van der Waals surface area contributed by atoms with Crippen molar-refractivity contribution in [3.05, 3.63) is 33.8 Å². The van der Waals surface area contributed by atoms with Crippen molar-refractivity contribution in [1.29, 1.82) is 0 Å². The molecule has 1 aromatic rings. The summed E-state index contributed by atoms with van der Waals surface area (Å²) in [7, 11) is 1.74. The highest BCUT2D eigenvalue weighted by molar-refractivity contribution is 6.35. The highest BCUT2D eigenvalue weighted by atomic mass is 35.5. The second kappa shape index (κ2) is 7.07. The van der Waals surface area contributed by atoms with E-state index >= 15 is 0 Å². The van der Waals surface area contributed by atoms with Gasteiger partial charge in [-0.3, -0.25) is 9.69 Å². The van der Waals surface area contributed by atoms with Gasteiger partial charge in [0.1, 0.15) is 0 Å². The molecule has 0 fully saturated rings. The molecule has 0 amide bonds. The van der Waals surface area contributed by atoms with Crippen LogP contribution in [0, 0.1) is 0 Å². The maximum absolute atomic E-state index is 10.6. The maximum Gasteiger partial charge on any atom is 0.317 e. The molecule has 17 heavy (non-hydrogen) atoms. The van der Waals surface area contributed by atoms with Gasteiger partial charge < -0.3 is 5.11 Å². The number of carbonyl (C=O) groups is 1. The largest absolute Gasteiger partial charge is 0.480 e. The summed E-state index contributed by atoms with van der Waals surface area (Å²) < 4.78 is 0. The van der Waals surface area contributed by atoms with E-state index in [1.54, 1.807) is 24.1 Å². The Morgan fingerprint density at radius 1 is 1.47 bits per heavy atom. The molecule has 0 heterocycles. The van der Waals surface area contributed by atoms with Gasteiger partial charge in [0.15, 0.2) is 0 Å². The standard InChI is InChI=1S/C11H13Cl2NO2.ClH/c1-7(14(2)6-11(15)16)9-4-3-8(12)5-10(9)13;/h3-5,7H,6H2,1-2H3,(H,15,16);1H. The van der Waals surface area contributed by atoms with Gasteiger partial charge in [-0.1, -0.05) is 29.3 Å². The van der Waals surface area contributed by atoms with Crippen LogP contribution in [0.3, 0.4) is 0 Å². The molecule has 0 radical (unpaired) electrons. The van der Waals surface area contributed by atoms with Crippen LogP contribution in [0.15, 0.2) is 18.2 Å². The number of carboxylic acids is 1. The number of halogens is 3. The van der Waals surface area contributed by atoms with Crippen molar-refractivity contribution in [2.45, 2.75) is 13.0 Å². The number of aliphatic carboxylic acids is 1. The van der Waals surface area contributed by atoms with Crippen LogP contribution in [0.5, 0.6) is 0 Å². The molecule has 0 saturated heterocycles. The number of hydrogen-bond acceptors (Lipinski definition) is 2. The zero-order valence-electron chi connectivity index (χ0n) is 9.48. The van der Waals surface area contributed by atoms with Crippen LogP contribution in [0.4, 0.5) is 0 Å². The van der Waals surface area contributed by atoms with Crippen molar-refractivity contribution < 1.29 is 9.90 Å². The molecule has 0 spiro atoms. The lowest BCUT2D eigenvalue weighted by Gasteiger charge is -2.24. The molecule has 1 aromatic carbocycles. The quantitative estimate of drug-likeness (QED) is 0.925. The van der Waals surface area contributed by atoms with Gasteiger partial charge in [0.25, 0.3) is 0 Å². The smallest absolute Gasteiger partial charge is 0.317 e. The Labute approximate surface area is 117 Å². The van der Waals surface area contributed by atoms with Gasteiger partial charge in [-0.05, 0) is 31.7 Å². The van der Waals surface area contributed by atoms with Gasteiger partial charge in [-0.25, -0.2) is 0 Å². The minimum Gasteiger partial charge on any atom is -0.480 e. The molecule has 3 nitrogen and oxygen atoms in total. The zero-order chi connectivity index (χ0) is 12.3. The molecule has 1 rings (SSSR count). The number of rotatable bonds is 4. The molecular formula is C11H14Cl3NO2. The molecule has 1 unspecified atom stereocenters. The summed E-state index contributed by atoms with van der Waals surface area (Å²) >= 11 is 11.8. The van der Waals surface area contributed by atoms with Crippen molar-refractivity contribution >= 4 is 41.6 Å². The molecule has 0 bridgehead atoms. The summed E-state index contributed by atoms with van der Waals surface area (Å²) in [6, 6.07) is 5.14. The monoisotopic (exact) mass is 297 g/mol. The van der Waals surface area contributed by atoms with Crippen LogP contribution in [0.2, 0.25) is 10.0 Å². The molecular weight excluding hydrogens is 284 g/mol. The highest BCUT2D eigenvalue weighted by Gasteiger charge is 2.16. The van der Waals surface area contributed by atoms with E-state index in [4.69, 9.17) is 28.3 Å². The molecule has 0 aromatic heterocycles. The minimum atomic E-state index is -0.862. The topological polar surface area (TPSA) is 40.5 Å². The number of nitrogens with zero attached hydrogens (tertiary/aromatic N) is 1. The van der Waals surface area contributed by atoms with Crippen molar-refractivity contribution in [3.63, 3.8) is 0 Å². The van der Waals surface area contributed by atoms with E-state index in [0.717, 1.165) is 5.56 Å². The van der Waals surface area contributed by atoms with Gasteiger partial charge in [0.2, 0.25) is 0 Å². The summed E-state index contributed by atoms with van der Waals surface area (Å²) in [5, 5.41) is 9.82. The second-order valence-electron chi connectivity index (χ2n) is 3.65. The van der Waals surface area contributed by atoms with Gasteiger partial charge >= 0.3 is 5.97 Å². The highest BCUT2D eigenvalue weighted by Crippen LogP contribution is 2.28. The Morgan fingerprint density at radius 3 is 2.53 bits per heavy atom. The first-order valence-corrected chi connectivity index (χ1v) is 5.54. The average Bonchev–Trinajstić information content (AvgIpc) is 2.15. The Morgan fingerprint density at radius 2 is 2.06 bits per heavy atom. The normalized spacial score (nSPS) is 12.1. The third kappa shape index (κ3) is 4.72. The average molecular weight is 299 g/mol. The van der Waals surface area contributed by atoms with Crippen molar-refractivity contribution in [2.75, 3.05) is 13.6 Å². The fourth-order valence-corrected chi connectivity index (χ4v) is 1.99. The van der Waals surface area contributed by atoms with Crippen LogP contribution in [-0.4, -0.2) is 29.6 Å². The van der Waals surface area contributed by atoms with E-state index in [9.17, 15) is 4.79 Å². The van der Waals surface area contributed by atoms with Crippen molar-refractivity contribution in [2.24, 2.45) is 0 Å². The number of hydrogen-bond donors (Lipinski definition) is 1. The first-order valence-electron chi connectivity index (χ1n) is 4.78. The number of likely N-dealkylation sites (N-methyl/N-ethyl adjacent to an activating group) is 1. The van der Waals surface area contributed by atoms with E-state index in [1.807, 2.05) is 13.0 Å². The molecule has 1 N–H and O–H groups in total. The van der Waals surface area contributed by atoms with E-state index in [2.05, 4.69) is 0 Å². The molecule has 1 atom stereocenters. The molecule has 0 aliphatic rings. The van der Waals surface area contributed by atoms with E-state index in [1.165, 1.54) is 0 Å². The maximum atomic E-state index is 10.6. The Hall–Kier alpha value is -0.480. The molecule has 96 valence electrons. The first kappa shape index (κ1) is 16.5. The zero-order valence-corrected chi connectivity index (χ0v) is 11.8. The number of benzene rings is 1. The van der Waals surface area contributed by atoms with Gasteiger partial charge in [0.05, 0.1) is 6.54 Å². The van der Waals surface area contributed by atoms with Crippen LogP contribution < -0.4 is 0 Å². The second-order valence-corrected chi connectivity index (χ2v) is 4.49. The fraction of sp³-hybridized carbons (Fsp3) is 0.364. The first-order chi connectivity index (χ1) is 7.41. The molecule has 0 saturated carbocycles. The predicted octanol–water partition coefficient (Wildman–Crippen LogP) is 3.49. The molecule has 6 heteroatoms. The Balaban J connectivity index is 0.00000256. The van der Waals surface area contributed by atoms with E-state index < -0.39 is 5.97 Å². The lowest BCUT2D eigenvalue weighted by molar-refractivity contribution is -0.138. The van der Waals surface area contributed by atoms with Gasteiger partial charge in [0, 0.05) is 16.1 Å². The minimum absolute atomic E-state index is 0. The lowest BCUT2D eigenvalue weighted by Crippen LogP contribution is -2.28. The van der Waals surface area contributed by atoms with Crippen LogP contribution >= 0.6 is 35.6 Å². The third-order valence-electron chi connectivity index (χ3n) is 2.46.